The van der Waals surface area contributed by atoms with Crippen molar-refractivity contribution < 1.29 is 9.18 Å². The van der Waals surface area contributed by atoms with Crippen molar-refractivity contribution in [2.45, 2.75) is 33.1 Å². The summed E-state index contributed by atoms with van der Waals surface area (Å²) in [7, 11) is 0. The highest BCUT2D eigenvalue weighted by atomic mass is 19.1. The van der Waals surface area contributed by atoms with Crippen LogP contribution in [0.4, 0.5) is 4.39 Å². The van der Waals surface area contributed by atoms with Crippen LogP contribution >= 0.6 is 0 Å². The van der Waals surface area contributed by atoms with Crippen LogP contribution in [-0.4, -0.2) is 5.78 Å². The summed E-state index contributed by atoms with van der Waals surface area (Å²) in [4.78, 5) is 11.1. The van der Waals surface area contributed by atoms with Gasteiger partial charge in [0.2, 0.25) is 0 Å². The lowest BCUT2D eigenvalue weighted by atomic mass is 10.0. The third-order valence-electron chi connectivity index (χ3n) is 2.31. The topological polar surface area (TPSA) is 17.1 Å². The lowest BCUT2D eigenvalue weighted by Crippen LogP contribution is -1.98. The first kappa shape index (κ1) is 10.9. The maximum Gasteiger partial charge on any atom is 0.132 e. The van der Waals surface area contributed by atoms with Crippen LogP contribution < -0.4 is 0 Å². The predicted octanol–water partition coefficient (Wildman–Crippen LogP) is 3.05. The molecular formula is C12H15FO. The number of ketones is 1. The van der Waals surface area contributed by atoms with Crippen molar-refractivity contribution in [2.75, 3.05) is 0 Å². The third-order valence-corrected chi connectivity index (χ3v) is 2.31. The standard InChI is InChI=1S/C12H15FO/c1-3-11(14)6-4-10-5-7-12(13)9(2)8-10/h5,7-8H,3-4,6H2,1-2H3. The summed E-state index contributed by atoms with van der Waals surface area (Å²) in [5, 5.41) is 0. The van der Waals surface area contributed by atoms with E-state index in [9.17, 15) is 9.18 Å². The second-order valence-electron chi connectivity index (χ2n) is 3.48. The number of halogens is 1. The molecule has 0 N–H and O–H groups in total. The molecule has 0 saturated heterocycles. The molecule has 0 unspecified atom stereocenters. The van der Waals surface area contributed by atoms with Gasteiger partial charge < -0.3 is 0 Å². The zero-order chi connectivity index (χ0) is 10.6. The fourth-order valence-corrected chi connectivity index (χ4v) is 1.32. The van der Waals surface area contributed by atoms with Crippen LogP contribution in [0.15, 0.2) is 18.2 Å². The second-order valence-corrected chi connectivity index (χ2v) is 3.48. The average molecular weight is 194 g/mol. The van der Waals surface area contributed by atoms with Crippen LogP contribution in [0.3, 0.4) is 0 Å². The van der Waals surface area contributed by atoms with Crippen LogP contribution in [0.25, 0.3) is 0 Å². The van der Waals surface area contributed by atoms with Crippen LogP contribution in [-0.2, 0) is 11.2 Å². The number of carbonyl (C=O) groups is 1. The first-order valence-corrected chi connectivity index (χ1v) is 4.90. The fraction of sp³-hybridized carbons (Fsp3) is 0.417. The molecule has 2 heteroatoms. The Kier molecular flexibility index (Phi) is 3.81. The second kappa shape index (κ2) is 4.89. The van der Waals surface area contributed by atoms with E-state index in [1.54, 1.807) is 19.1 Å². The summed E-state index contributed by atoms with van der Waals surface area (Å²) >= 11 is 0. The highest BCUT2D eigenvalue weighted by Gasteiger charge is 2.02. The van der Waals surface area contributed by atoms with Crippen LogP contribution in [0.5, 0.6) is 0 Å². The van der Waals surface area contributed by atoms with E-state index in [4.69, 9.17) is 0 Å². The molecule has 0 atom stereocenters. The van der Waals surface area contributed by atoms with Gasteiger partial charge in [-0.05, 0) is 30.5 Å². The lowest BCUT2D eigenvalue weighted by molar-refractivity contribution is -0.118. The Morgan fingerprint density at radius 1 is 1.43 bits per heavy atom. The van der Waals surface area contributed by atoms with Gasteiger partial charge in [-0.3, -0.25) is 4.79 Å². The van der Waals surface area contributed by atoms with Crippen molar-refractivity contribution in [3.8, 4) is 0 Å². The van der Waals surface area contributed by atoms with Crippen molar-refractivity contribution in [3.63, 3.8) is 0 Å². The van der Waals surface area contributed by atoms with Crippen molar-refractivity contribution in [1.82, 2.24) is 0 Å². The summed E-state index contributed by atoms with van der Waals surface area (Å²) < 4.78 is 12.9. The predicted molar refractivity (Wildman–Crippen MR) is 54.8 cm³/mol. The Labute approximate surface area is 83.9 Å². The zero-order valence-corrected chi connectivity index (χ0v) is 8.64. The summed E-state index contributed by atoms with van der Waals surface area (Å²) in [6.45, 7) is 3.60. The molecule has 76 valence electrons. The minimum absolute atomic E-state index is 0.185. The van der Waals surface area contributed by atoms with Gasteiger partial charge in [-0.15, -0.1) is 0 Å². The molecule has 0 bridgehead atoms. The van der Waals surface area contributed by atoms with Gasteiger partial charge in [0.15, 0.2) is 0 Å². The number of aryl methyl sites for hydroxylation is 2. The Bertz CT molecular complexity index is 331. The van der Waals surface area contributed by atoms with E-state index in [0.29, 0.717) is 24.8 Å². The van der Waals surface area contributed by atoms with Crippen LogP contribution in [0.2, 0.25) is 0 Å². The van der Waals surface area contributed by atoms with Crippen molar-refractivity contribution >= 4 is 5.78 Å². The molecule has 0 aliphatic carbocycles. The molecule has 14 heavy (non-hydrogen) atoms. The molecule has 0 aromatic heterocycles. The molecule has 1 rings (SSSR count). The normalized spacial score (nSPS) is 10.2. The zero-order valence-electron chi connectivity index (χ0n) is 8.64. The van der Waals surface area contributed by atoms with E-state index < -0.39 is 0 Å². The highest BCUT2D eigenvalue weighted by Crippen LogP contribution is 2.11. The minimum Gasteiger partial charge on any atom is -0.300 e. The van der Waals surface area contributed by atoms with Gasteiger partial charge in [-0.2, -0.15) is 0 Å². The molecule has 1 nitrogen and oxygen atoms in total. The summed E-state index contributed by atoms with van der Waals surface area (Å²) in [5.74, 6) is 0.0718. The van der Waals surface area contributed by atoms with Crippen molar-refractivity contribution in [2.24, 2.45) is 0 Å². The number of carbonyl (C=O) groups excluding carboxylic acids is 1. The number of hydrogen-bond donors (Lipinski definition) is 0. The smallest absolute Gasteiger partial charge is 0.132 e. The molecule has 0 amide bonds. The molecule has 1 aromatic rings. The summed E-state index contributed by atoms with van der Waals surface area (Å²) in [5.41, 5.74) is 1.68. The molecule has 1 aromatic carbocycles. The molecule has 0 spiro atoms. The first-order valence-electron chi connectivity index (χ1n) is 4.90. The summed E-state index contributed by atoms with van der Waals surface area (Å²) in [6, 6.07) is 5.00. The van der Waals surface area contributed by atoms with Gasteiger partial charge >= 0.3 is 0 Å². The quantitative estimate of drug-likeness (QED) is 0.720. The van der Waals surface area contributed by atoms with Gasteiger partial charge in [0.25, 0.3) is 0 Å². The maximum atomic E-state index is 12.9. The first-order chi connectivity index (χ1) is 6.63. The SMILES string of the molecule is CCC(=O)CCc1ccc(F)c(C)c1. The van der Waals surface area contributed by atoms with E-state index in [1.165, 1.54) is 6.07 Å². The number of rotatable bonds is 4. The largest absolute Gasteiger partial charge is 0.300 e. The monoisotopic (exact) mass is 194 g/mol. The molecule has 0 heterocycles. The Hall–Kier alpha value is -1.18. The van der Waals surface area contributed by atoms with E-state index in [1.807, 2.05) is 6.92 Å². The minimum atomic E-state index is -0.185. The number of Topliss-reactive ketones (excluding diaryl/α,β-unsaturated/α-hetero) is 1. The summed E-state index contributed by atoms with van der Waals surface area (Å²) in [6.07, 6.45) is 1.86. The van der Waals surface area contributed by atoms with E-state index >= 15 is 0 Å². The van der Waals surface area contributed by atoms with Gasteiger partial charge in [0.1, 0.15) is 11.6 Å². The number of benzene rings is 1. The van der Waals surface area contributed by atoms with Gasteiger partial charge in [0.05, 0.1) is 0 Å². The van der Waals surface area contributed by atoms with Gasteiger partial charge in [-0.25, -0.2) is 4.39 Å². The lowest BCUT2D eigenvalue weighted by Gasteiger charge is -2.02. The van der Waals surface area contributed by atoms with Crippen molar-refractivity contribution in [1.29, 1.82) is 0 Å². The van der Waals surface area contributed by atoms with Gasteiger partial charge in [-0.1, -0.05) is 19.1 Å². The van der Waals surface area contributed by atoms with Crippen molar-refractivity contribution in [3.05, 3.63) is 35.1 Å². The van der Waals surface area contributed by atoms with E-state index in [0.717, 1.165) is 5.56 Å². The molecule has 0 fully saturated rings. The van der Waals surface area contributed by atoms with E-state index in [2.05, 4.69) is 0 Å². The fourth-order valence-electron chi connectivity index (χ4n) is 1.32. The molecular weight excluding hydrogens is 179 g/mol. The molecule has 0 radical (unpaired) electrons. The van der Waals surface area contributed by atoms with Crippen LogP contribution in [0, 0.1) is 12.7 Å². The Morgan fingerprint density at radius 2 is 2.14 bits per heavy atom. The van der Waals surface area contributed by atoms with Gasteiger partial charge in [0, 0.05) is 12.8 Å². The van der Waals surface area contributed by atoms with E-state index in [-0.39, 0.29) is 11.6 Å². The molecule has 0 saturated carbocycles. The van der Waals surface area contributed by atoms with Crippen LogP contribution in [0.1, 0.15) is 30.9 Å². The Morgan fingerprint density at radius 3 is 2.71 bits per heavy atom. The molecule has 0 aliphatic heterocycles. The molecule has 0 aliphatic rings. The average Bonchev–Trinajstić information content (AvgIpc) is 2.19. The third kappa shape index (κ3) is 2.95. The maximum absolute atomic E-state index is 12.9. The Balaban J connectivity index is 2.60. The number of hydrogen-bond acceptors (Lipinski definition) is 1. The highest BCUT2D eigenvalue weighted by molar-refractivity contribution is 5.78.